The van der Waals surface area contributed by atoms with Gasteiger partial charge in [0.2, 0.25) is 0 Å². The summed E-state index contributed by atoms with van der Waals surface area (Å²) in [4.78, 5) is 0. The molecule has 0 radical (unpaired) electrons. The third-order valence-corrected chi connectivity index (χ3v) is 4.66. The molecule has 0 fully saturated rings. The Morgan fingerprint density at radius 3 is 2.43 bits per heavy atom. The highest BCUT2D eigenvalue weighted by Crippen LogP contribution is 2.35. The van der Waals surface area contributed by atoms with Crippen LogP contribution in [0.1, 0.15) is 24.1 Å². The number of benzene rings is 2. The van der Waals surface area contributed by atoms with Crippen molar-refractivity contribution in [2.45, 2.75) is 13.0 Å². The predicted octanol–water partition coefficient (Wildman–Crippen LogP) is 5.57. The van der Waals surface area contributed by atoms with Gasteiger partial charge >= 0.3 is 0 Å². The van der Waals surface area contributed by atoms with E-state index in [-0.39, 0.29) is 6.04 Å². The Kier molecular flexibility index (Phi) is 6.11. The number of hydrogen-bond acceptors (Lipinski definition) is 2. The van der Waals surface area contributed by atoms with Gasteiger partial charge in [-0.25, -0.2) is 0 Å². The average molecular weight is 434 g/mol. The van der Waals surface area contributed by atoms with Gasteiger partial charge in [-0.2, -0.15) is 0 Å². The Balaban J connectivity index is 2.41. The molecule has 2 rings (SSSR count). The normalized spacial score (nSPS) is 12.2. The van der Waals surface area contributed by atoms with Gasteiger partial charge in [0.25, 0.3) is 0 Å². The van der Waals surface area contributed by atoms with Gasteiger partial charge in [0.05, 0.1) is 12.6 Å². The molecule has 0 saturated carbocycles. The van der Waals surface area contributed by atoms with E-state index in [1.54, 1.807) is 0 Å². The molecule has 0 aromatic heterocycles. The van der Waals surface area contributed by atoms with E-state index in [0.717, 1.165) is 30.8 Å². The maximum Gasteiger partial charge on any atom is 0.120 e. The summed E-state index contributed by atoms with van der Waals surface area (Å²) in [6.07, 6.45) is 0. The molecule has 5 heteroatoms. The third kappa shape index (κ3) is 4.01. The van der Waals surface area contributed by atoms with Crippen molar-refractivity contribution < 1.29 is 4.74 Å². The monoisotopic (exact) mass is 431 g/mol. The highest BCUT2D eigenvalue weighted by molar-refractivity contribution is 9.10. The molecule has 0 aliphatic rings. The lowest BCUT2D eigenvalue weighted by molar-refractivity contribution is 0.340. The van der Waals surface area contributed by atoms with Crippen LogP contribution in [0.25, 0.3) is 0 Å². The van der Waals surface area contributed by atoms with Crippen molar-refractivity contribution in [3.8, 4) is 5.75 Å². The zero-order chi connectivity index (χ0) is 15.4. The van der Waals surface area contributed by atoms with Gasteiger partial charge in [0.1, 0.15) is 5.75 Å². The quantitative estimate of drug-likeness (QED) is 0.665. The fraction of sp³-hybridized carbons (Fsp3) is 0.250. The molecule has 21 heavy (non-hydrogen) atoms. The van der Waals surface area contributed by atoms with Crippen molar-refractivity contribution in [1.29, 1.82) is 0 Å². The zero-order valence-electron chi connectivity index (χ0n) is 11.8. The standard InChI is InChI=1S/C16H16Br2ClNO/c1-3-21-11-5-7-12(14(18)9-11)16(20-2)13-6-4-10(17)8-15(13)19/h4-9,16,20H,3H2,1-2H3. The molecular weight excluding hydrogens is 417 g/mol. The molecule has 112 valence electrons. The molecule has 2 aromatic rings. The van der Waals surface area contributed by atoms with Gasteiger partial charge in [-0.3, -0.25) is 0 Å². The lowest BCUT2D eigenvalue weighted by Gasteiger charge is -2.20. The van der Waals surface area contributed by atoms with Crippen LogP contribution in [-0.2, 0) is 0 Å². The molecule has 1 N–H and O–H groups in total. The van der Waals surface area contributed by atoms with E-state index in [4.69, 9.17) is 16.3 Å². The summed E-state index contributed by atoms with van der Waals surface area (Å²) >= 11 is 13.4. The molecule has 1 unspecified atom stereocenters. The summed E-state index contributed by atoms with van der Waals surface area (Å²) in [7, 11) is 1.92. The minimum Gasteiger partial charge on any atom is -0.494 e. The fourth-order valence-electron chi connectivity index (χ4n) is 2.21. The maximum absolute atomic E-state index is 6.38. The summed E-state index contributed by atoms with van der Waals surface area (Å²) in [6.45, 7) is 2.62. The first-order chi connectivity index (χ1) is 10.1. The van der Waals surface area contributed by atoms with Gasteiger partial charge in [-0.15, -0.1) is 0 Å². The first-order valence-corrected chi connectivity index (χ1v) is 8.57. The van der Waals surface area contributed by atoms with Gasteiger partial charge < -0.3 is 10.1 Å². The van der Waals surface area contributed by atoms with Crippen LogP contribution in [0.3, 0.4) is 0 Å². The Morgan fingerprint density at radius 2 is 1.86 bits per heavy atom. The van der Waals surface area contributed by atoms with Gasteiger partial charge in [0, 0.05) is 14.0 Å². The summed E-state index contributed by atoms with van der Waals surface area (Å²) < 4.78 is 7.48. The number of halogens is 3. The van der Waals surface area contributed by atoms with Crippen LogP contribution in [0.5, 0.6) is 5.75 Å². The van der Waals surface area contributed by atoms with Crippen LogP contribution in [0.2, 0.25) is 5.02 Å². The molecule has 0 aliphatic heterocycles. The van der Waals surface area contributed by atoms with E-state index in [1.165, 1.54) is 0 Å². The average Bonchev–Trinajstić information content (AvgIpc) is 2.44. The van der Waals surface area contributed by atoms with Gasteiger partial charge in [0.15, 0.2) is 0 Å². The summed E-state index contributed by atoms with van der Waals surface area (Å²) in [6, 6.07) is 11.9. The molecule has 2 aromatic carbocycles. The Hall–Kier alpha value is -0.550. The van der Waals surface area contributed by atoms with Crippen LogP contribution in [0.4, 0.5) is 0 Å². The predicted molar refractivity (Wildman–Crippen MR) is 95.4 cm³/mol. The fourth-order valence-corrected chi connectivity index (χ4v) is 3.58. The topological polar surface area (TPSA) is 21.3 Å². The Bertz CT molecular complexity index is 634. The van der Waals surface area contributed by atoms with Crippen molar-refractivity contribution in [1.82, 2.24) is 5.32 Å². The van der Waals surface area contributed by atoms with Gasteiger partial charge in [-0.05, 0) is 49.4 Å². The van der Waals surface area contributed by atoms with E-state index < -0.39 is 0 Å². The number of ether oxygens (including phenoxy) is 1. The smallest absolute Gasteiger partial charge is 0.120 e. The lowest BCUT2D eigenvalue weighted by Crippen LogP contribution is -2.18. The molecule has 0 amide bonds. The summed E-state index contributed by atoms with van der Waals surface area (Å²) in [5.74, 6) is 0.852. The molecule has 0 saturated heterocycles. The summed E-state index contributed by atoms with van der Waals surface area (Å²) in [5.41, 5.74) is 2.15. The van der Waals surface area contributed by atoms with Crippen LogP contribution in [-0.4, -0.2) is 13.7 Å². The van der Waals surface area contributed by atoms with E-state index in [2.05, 4.69) is 43.2 Å². The molecule has 0 bridgehead atoms. The SMILES string of the molecule is CCOc1ccc(C(NC)c2ccc(Br)cc2Cl)c(Br)c1. The second-order valence-electron chi connectivity index (χ2n) is 4.50. The Labute approximate surface area is 147 Å². The van der Waals surface area contributed by atoms with Crippen molar-refractivity contribution in [2.75, 3.05) is 13.7 Å². The van der Waals surface area contributed by atoms with Crippen LogP contribution in [0.15, 0.2) is 45.3 Å². The molecular formula is C16H16Br2ClNO. The highest BCUT2D eigenvalue weighted by Gasteiger charge is 2.18. The first-order valence-electron chi connectivity index (χ1n) is 6.61. The minimum absolute atomic E-state index is 0.00986. The number of nitrogens with one attached hydrogen (secondary N) is 1. The van der Waals surface area contributed by atoms with Crippen molar-refractivity contribution >= 4 is 43.5 Å². The third-order valence-electron chi connectivity index (χ3n) is 3.16. The van der Waals surface area contributed by atoms with Crippen LogP contribution >= 0.6 is 43.5 Å². The van der Waals surface area contributed by atoms with Crippen molar-refractivity contribution in [3.63, 3.8) is 0 Å². The van der Waals surface area contributed by atoms with Crippen molar-refractivity contribution in [3.05, 3.63) is 61.5 Å². The molecule has 0 heterocycles. The Morgan fingerprint density at radius 1 is 1.14 bits per heavy atom. The second-order valence-corrected chi connectivity index (χ2v) is 6.68. The van der Waals surface area contributed by atoms with E-state index in [0.29, 0.717) is 6.61 Å². The van der Waals surface area contributed by atoms with Gasteiger partial charge in [-0.1, -0.05) is 55.6 Å². The molecule has 0 spiro atoms. The molecule has 1 atom stereocenters. The van der Waals surface area contributed by atoms with Crippen LogP contribution in [0, 0.1) is 0 Å². The van der Waals surface area contributed by atoms with Crippen molar-refractivity contribution in [2.24, 2.45) is 0 Å². The number of hydrogen-bond donors (Lipinski definition) is 1. The summed E-state index contributed by atoms with van der Waals surface area (Å²) in [5, 5.41) is 4.04. The molecule has 2 nitrogen and oxygen atoms in total. The number of rotatable bonds is 5. The maximum atomic E-state index is 6.38. The molecule has 0 aliphatic carbocycles. The van der Waals surface area contributed by atoms with Crippen LogP contribution < -0.4 is 10.1 Å². The van der Waals surface area contributed by atoms with E-state index in [9.17, 15) is 0 Å². The highest BCUT2D eigenvalue weighted by atomic mass is 79.9. The lowest BCUT2D eigenvalue weighted by atomic mass is 9.98. The van der Waals surface area contributed by atoms with E-state index >= 15 is 0 Å². The second kappa shape index (κ2) is 7.63. The minimum atomic E-state index is 0.00986. The zero-order valence-corrected chi connectivity index (χ0v) is 15.7. The largest absolute Gasteiger partial charge is 0.494 e. The first kappa shape index (κ1) is 16.8. The van der Waals surface area contributed by atoms with E-state index in [1.807, 2.05) is 44.3 Å².